The molecule has 0 fully saturated rings. The number of nitrogens with zero attached hydrogens (tertiary/aromatic N) is 2. The Hall–Kier alpha value is -4.08. The highest BCUT2D eigenvalue weighted by Gasteiger charge is 2.37. The fraction of sp³-hybridized carbons (Fsp3) is 0.467. The van der Waals surface area contributed by atoms with Crippen LogP contribution in [0.5, 0.6) is 5.75 Å². The second kappa shape index (κ2) is 12.8. The fourth-order valence-electron chi connectivity index (χ4n) is 4.40. The Kier molecular flexibility index (Phi) is 9.78. The zero-order chi connectivity index (χ0) is 29.6. The number of rotatable bonds is 11. The Morgan fingerprint density at radius 1 is 1.05 bits per heavy atom. The first kappa shape index (κ1) is 30.5. The molecule has 3 amide bonds. The molecular formula is C30H39N3O7. The van der Waals surface area contributed by atoms with E-state index >= 15 is 0 Å². The topological polar surface area (TPSA) is 128 Å². The first-order chi connectivity index (χ1) is 18.8. The molecule has 0 saturated heterocycles. The van der Waals surface area contributed by atoms with Gasteiger partial charge in [-0.05, 0) is 64.3 Å². The lowest BCUT2D eigenvalue weighted by Crippen LogP contribution is -2.45. The van der Waals surface area contributed by atoms with Crippen molar-refractivity contribution in [1.29, 1.82) is 0 Å². The zero-order valence-electron chi connectivity index (χ0n) is 24.1. The normalized spacial score (nSPS) is 13.6. The van der Waals surface area contributed by atoms with Crippen LogP contribution in [0.2, 0.25) is 0 Å². The van der Waals surface area contributed by atoms with E-state index in [1.54, 1.807) is 23.1 Å². The van der Waals surface area contributed by atoms with Crippen LogP contribution in [0.25, 0.3) is 0 Å². The Balaban J connectivity index is 1.67. The van der Waals surface area contributed by atoms with Crippen molar-refractivity contribution in [1.82, 2.24) is 9.80 Å². The SMILES string of the molecule is COC(=O)CCC(C(N)=O)N1Cc2c(OCc3ccc(CN(C(=O)OC(C)(C)C)C(C)C)cc3)cccc2C1=O. The van der Waals surface area contributed by atoms with E-state index in [4.69, 9.17) is 15.2 Å². The lowest BCUT2D eigenvalue weighted by molar-refractivity contribution is -0.141. The number of carbonyl (C=O) groups is 4. The number of hydrogen-bond donors (Lipinski definition) is 1. The summed E-state index contributed by atoms with van der Waals surface area (Å²) in [6, 6.07) is 12.0. The van der Waals surface area contributed by atoms with Crippen molar-refractivity contribution in [3.63, 3.8) is 0 Å². The molecular weight excluding hydrogens is 514 g/mol. The molecule has 1 atom stereocenters. The van der Waals surface area contributed by atoms with Crippen molar-refractivity contribution in [2.45, 2.75) is 84.8 Å². The number of hydrogen-bond acceptors (Lipinski definition) is 7. The van der Waals surface area contributed by atoms with Crippen molar-refractivity contribution >= 4 is 23.9 Å². The van der Waals surface area contributed by atoms with Crippen LogP contribution in [0.15, 0.2) is 42.5 Å². The summed E-state index contributed by atoms with van der Waals surface area (Å²) in [5.74, 6) is -0.967. The average molecular weight is 554 g/mol. The van der Waals surface area contributed by atoms with E-state index in [1.165, 1.54) is 12.0 Å². The molecule has 0 aromatic heterocycles. The third-order valence-electron chi connectivity index (χ3n) is 6.53. The third-order valence-corrected chi connectivity index (χ3v) is 6.53. The molecule has 1 unspecified atom stereocenters. The summed E-state index contributed by atoms with van der Waals surface area (Å²) in [6.45, 7) is 10.2. The van der Waals surface area contributed by atoms with Crippen LogP contribution in [-0.2, 0) is 38.8 Å². The number of esters is 1. The molecule has 2 N–H and O–H groups in total. The summed E-state index contributed by atoms with van der Waals surface area (Å²) in [4.78, 5) is 52.5. The second-order valence-corrected chi connectivity index (χ2v) is 11.1. The lowest BCUT2D eigenvalue weighted by atomic mass is 10.1. The Bertz CT molecular complexity index is 1230. The highest BCUT2D eigenvalue weighted by molar-refractivity contribution is 6.01. The number of methoxy groups -OCH3 is 1. The molecule has 1 heterocycles. The highest BCUT2D eigenvalue weighted by Crippen LogP contribution is 2.33. The molecule has 0 spiro atoms. The van der Waals surface area contributed by atoms with E-state index in [2.05, 4.69) is 4.74 Å². The molecule has 0 bridgehead atoms. The molecule has 0 aliphatic carbocycles. The van der Waals surface area contributed by atoms with Crippen molar-refractivity contribution < 1.29 is 33.4 Å². The molecule has 3 rings (SSSR count). The van der Waals surface area contributed by atoms with Gasteiger partial charge in [0.25, 0.3) is 5.91 Å². The molecule has 1 aliphatic rings. The van der Waals surface area contributed by atoms with Crippen LogP contribution in [0.1, 0.15) is 74.5 Å². The van der Waals surface area contributed by atoms with Gasteiger partial charge < -0.3 is 29.7 Å². The number of carbonyl (C=O) groups excluding carboxylic acids is 4. The van der Waals surface area contributed by atoms with Crippen LogP contribution in [-0.4, -0.2) is 58.5 Å². The van der Waals surface area contributed by atoms with Gasteiger partial charge in [-0.3, -0.25) is 14.4 Å². The minimum absolute atomic E-state index is 0.0315. The van der Waals surface area contributed by atoms with Gasteiger partial charge in [0, 0.05) is 30.1 Å². The van der Waals surface area contributed by atoms with Gasteiger partial charge in [0.1, 0.15) is 24.0 Å². The van der Waals surface area contributed by atoms with Crippen molar-refractivity contribution in [3.05, 3.63) is 64.7 Å². The summed E-state index contributed by atoms with van der Waals surface area (Å²) in [5, 5.41) is 0. The number of fused-ring (bicyclic) bond motifs is 1. The van der Waals surface area contributed by atoms with Crippen molar-refractivity contribution in [2.24, 2.45) is 5.73 Å². The fourth-order valence-corrected chi connectivity index (χ4v) is 4.40. The molecule has 40 heavy (non-hydrogen) atoms. The maximum Gasteiger partial charge on any atom is 0.410 e. The van der Waals surface area contributed by atoms with Crippen molar-refractivity contribution in [3.8, 4) is 5.75 Å². The summed E-state index contributed by atoms with van der Waals surface area (Å²) in [7, 11) is 1.26. The van der Waals surface area contributed by atoms with Gasteiger partial charge in [-0.1, -0.05) is 30.3 Å². The van der Waals surface area contributed by atoms with E-state index in [-0.39, 0.29) is 44.0 Å². The average Bonchev–Trinajstić information content (AvgIpc) is 3.21. The molecule has 216 valence electrons. The van der Waals surface area contributed by atoms with Crippen LogP contribution in [0.4, 0.5) is 4.79 Å². The smallest absolute Gasteiger partial charge is 0.410 e. The molecule has 10 heteroatoms. The van der Waals surface area contributed by atoms with Gasteiger partial charge in [-0.2, -0.15) is 0 Å². The monoisotopic (exact) mass is 553 g/mol. The van der Waals surface area contributed by atoms with Gasteiger partial charge in [0.05, 0.1) is 13.7 Å². The van der Waals surface area contributed by atoms with Crippen LogP contribution >= 0.6 is 0 Å². The van der Waals surface area contributed by atoms with E-state index in [0.29, 0.717) is 23.4 Å². The predicted molar refractivity (Wildman–Crippen MR) is 148 cm³/mol. The molecule has 2 aromatic carbocycles. The first-order valence-corrected chi connectivity index (χ1v) is 13.3. The summed E-state index contributed by atoms with van der Waals surface area (Å²) in [5.41, 5.74) is 7.96. The summed E-state index contributed by atoms with van der Waals surface area (Å²) in [6.07, 6.45) is -0.316. The minimum Gasteiger partial charge on any atom is -0.489 e. The van der Waals surface area contributed by atoms with Crippen LogP contribution in [0.3, 0.4) is 0 Å². The van der Waals surface area contributed by atoms with Crippen molar-refractivity contribution in [2.75, 3.05) is 7.11 Å². The summed E-state index contributed by atoms with van der Waals surface area (Å²) >= 11 is 0. The van der Waals surface area contributed by atoms with Gasteiger partial charge in [-0.25, -0.2) is 4.79 Å². The predicted octanol–water partition coefficient (Wildman–Crippen LogP) is 4.17. The molecule has 0 saturated carbocycles. The molecule has 1 aliphatic heterocycles. The molecule has 0 radical (unpaired) electrons. The Morgan fingerprint density at radius 2 is 1.70 bits per heavy atom. The highest BCUT2D eigenvalue weighted by atomic mass is 16.6. The van der Waals surface area contributed by atoms with E-state index in [0.717, 1.165) is 11.1 Å². The molecule has 10 nitrogen and oxygen atoms in total. The number of primary amides is 1. The maximum absolute atomic E-state index is 13.1. The largest absolute Gasteiger partial charge is 0.489 e. The molecule has 2 aromatic rings. The summed E-state index contributed by atoms with van der Waals surface area (Å²) < 4.78 is 16.3. The van der Waals surface area contributed by atoms with E-state index in [1.807, 2.05) is 58.9 Å². The zero-order valence-corrected chi connectivity index (χ0v) is 24.1. The number of nitrogens with two attached hydrogens (primary N) is 1. The standard InChI is InChI=1S/C30H39N3O7/c1-19(2)32(29(37)40-30(3,4)5)16-20-10-12-21(13-11-20)18-39-25-9-7-8-22-23(25)17-33(28(22)36)24(27(31)35)14-15-26(34)38-6/h7-13,19,24H,14-18H2,1-6H3,(H2,31,35). The Morgan fingerprint density at radius 3 is 2.27 bits per heavy atom. The third kappa shape index (κ3) is 7.74. The number of amides is 3. The number of benzene rings is 2. The van der Waals surface area contributed by atoms with Gasteiger partial charge in [0.2, 0.25) is 5.91 Å². The van der Waals surface area contributed by atoms with Gasteiger partial charge >= 0.3 is 12.1 Å². The van der Waals surface area contributed by atoms with Gasteiger partial charge in [0.15, 0.2) is 0 Å². The quantitative estimate of drug-likeness (QED) is 0.414. The van der Waals surface area contributed by atoms with Crippen LogP contribution < -0.4 is 10.5 Å². The first-order valence-electron chi connectivity index (χ1n) is 13.3. The van der Waals surface area contributed by atoms with E-state index < -0.39 is 23.5 Å². The van der Waals surface area contributed by atoms with Crippen LogP contribution in [0, 0.1) is 0 Å². The lowest BCUT2D eigenvalue weighted by Gasteiger charge is -2.30. The van der Waals surface area contributed by atoms with Gasteiger partial charge in [-0.15, -0.1) is 0 Å². The Labute approximate surface area is 235 Å². The number of ether oxygens (including phenoxy) is 3. The minimum atomic E-state index is -0.939. The van der Waals surface area contributed by atoms with E-state index in [9.17, 15) is 19.2 Å². The maximum atomic E-state index is 13.1. The second-order valence-electron chi connectivity index (χ2n) is 11.1.